The molecule has 0 radical (unpaired) electrons. The third kappa shape index (κ3) is 4.29. The van der Waals surface area contributed by atoms with Gasteiger partial charge >= 0.3 is 0 Å². The van der Waals surface area contributed by atoms with Gasteiger partial charge in [0.15, 0.2) is 11.3 Å². The number of anilines is 2. The van der Waals surface area contributed by atoms with Gasteiger partial charge in [-0.05, 0) is 25.8 Å². The zero-order chi connectivity index (χ0) is 22.9. The van der Waals surface area contributed by atoms with Gasteiger partial charge in [-0.1, -0.05) is 19.3 Å². The molecule has 3 aromatic rings. The van der Waals surface area contributed by atoms with Gasteiger partial charge in [-0.25, -0.2) is 18.3 Å². The Morgan fingerprint density at radius 3 is 2.85 bits per heavy atom. The number of halogens is 2. The van der Waals surface area contributed by atoms with Crippen molar-refractivity contribution in [3.05, 3.63) is 35.9 Å². The number of morpholine rings is 1. The van der Waals surface area contributed by atoms with Gasteiger partial charge in [0, 0.05) is 18.9 Å². The second-order valence-electron chi connectivity index (χ2n) is 8.68. The molecule has 1 saturated heterocycles. The van der Waals surface area contributed by atoms with Gasteiger partial charge in [-0.2, -0.15) is 10.2 Å². The van der Waals surface area contributed by atoms with Gasteiger partial charge in [0.1, 0.15) is 11.4 Å². The molecule has 1 amide bonds. The smallest absolute Gasteiger partial charge is 0.284 e. The molecule has 0 aromatic carbocycles. The SMILES string of the molecule is C[C@@H]1COCCN1c1ccn2ncc(C(=O)Nc3cn(C4CCCCC4)nc3C(F)F)c2n1. The molecular weight excluding hydrogens is 432 g/mol. The molecule has 1 saturated carbocycles. The van der Waals surface area contributed by atoms with Crippen LogP contribution >= 0.6 is 0 Å². The van der Waals surface area contributed by atoms with E-state index in [0.29, 0.717) is 31.2 Å². The first-order valence-electron chi connectivity index (χ1n) is 11.4. The summed E-state index contributed by atoms with van der Waals surface area (Å²) in [5.41, 5.74) is 0.185. The van der Waals surface area contributed by atoms with Crippen LogP contribution in [-0.4, -0.2) is 56.1 Å². The fourth-order valence-electron chi connectivity index (χ4n) is 4.63. The molecule has 11 heteroatoms. The first kappa shape index (κ1) is 21.7. The summed E-state index contributed by atoms with van der Waals surface area (Å²) in [6, 6.07) is 2.07. The zero-order valence-corrected chi connectivity index (χ0v) is 18.5. The molecular formula is C22H27F2N7O2. The quantitative estimate of drug-likeness (QED) is 0.624. The van der Waals surface area contributed by atoms with Crippen molar-refractivity contribution >= 4 is 23.1 Å². The number of aromatic nitrogens is 5. The minimum Gasteiger partial charge on any atom is -0.377 e. The third-order valence-corrected chi connectivity index (χ3v) is 6.43. The lowest BCUT2D eigenvalue weighted by atomic mass is 9.96. The van der Waals surface area contributed by atoms with Gasteiger partial charge in [-0.15, -0.1) is 0 Å². The molecule has 1 atom stereocenters. The number of fused-ring (bicyclic) bond motifs is 1. The number of nitrogens with zero attached hydrogens (tertiary/aromatic N) is 6. The van der Waals surface area contributed by atoms with Crippen LogP contribution in [0.4, 0.5) is 20.3 Å². The molecule has 176 valence electrons. The molecule has 4 heterocycles. The average molecular weight is 460 g/mol. The Balaban J connectivity index is 1.42. The second kappa shape index (κ2) is 9.05. The van der Waals surface area contributed by atoms with E-state index < -0.39 is 18.0 Å². The highest BCUT2D eigenvalue weighted by Crippen LogP contribution is 2.32. The predicted molar refractivity (Wildman–Crippen MR) is 118 cm³/mol. The molecule has 9 nitrogen and oxygen atoms in total. The van der Waals surface area contributed by atoms with Gasteiger partial charge in [0.2, 0.25) is 0 Å². The molecule has 2 aliphatic rings. The highest BCUT2D eigenvalue weighted by Gasteiger charge is 2.26. The van der Waals surface area contributed by atoms with E-state index in [1.54, 1.807) is 10.9 Å². The van der Waals surface area contributed by atoms with E-state index in [1.807, 2.05) is 13.0 Å². The summed E-state index contributed by atoms with van der Waals surface area (Å²) in [4.78, 5) is 19.8. The second-order valence-corrected chi connectivity index (χ2v) is 8.68. The number of carbonyl (C=O) groups is 1. The van der Waals surface area contributed by atoms with Crippen LogP contribution in [0.3, 0.4) is 0 Å². The van der Waals surface area contributed by atoms with Crippen LogP contribution in [0, 0.1) is 0 Å². The summed E-state index contributed by atoms with van der Waals surface area (Å²) in [5.74, 6) is 0.168. The minimum absolute atomic E-state index is 0.0258. The average Bonchev–Trinajstić information content (AvgIpc) is 3.44. The molecule has 1 N–H and O–H groups in total. The summed E-state index contributed by atoms with van der Waals surface area (Å²) in [6.07, 6.45) is 6.92. The van der Waals surface area contributed by atoms with Crippen LogP contribution in [0.15, 0.2) is 24.7 Å². The van der Waals surface area contributed by atoms with Crippen LogP contribution in [0.1, 0.15) is 67.5 Å². The maximum absolute atomic E-state index is 13.7. The van der Waals surface area contributed by atoms with E-state index in [4.69, 9.17) is 4.74 Å². The van der Waals surface area contributed by atoms with E-state index in [0.717, 1.165) is 32.1 Å². The number of nitrogens with one attached hydrogen (secondary N) is 1. The maximum atomic E-state index is 13.7. The molecule has 1 aliphatic carbocycles. The molecule has 0 spiro atoms. The summed E-state index contributed by atoms with van der Waals surface area (Å²) >= 11 is 0. The van der Waals surface area contributed by atoms with Crippen LogP contribution in [0.5, 0.6) is 0 Å². The number of ether oxygens (including phenoxy) is 1. The minimum atomic E-state index is -2.79. The monoisotopic (exact) mass is 459 g/mol. The van der Waals surface area contributed by atoms with Crippen LogP contribution < -0.4 is 10.2 Å². The zero-order valence-electron chi connectivity index (χ0n) is 18.5. The van der Waals surface area contributed by atoms with E-state index in [-0.39, 0.29) is 23.3 Å². The predicted octanol–water partition coefficient (Wildman–Crippen LogP) is 3.85. The van der Waals surface area contributed by atoms with Gasteiger partial charge in [-0.3, -0.25) is 9.48 Å². The lowest BCUT2D eigenvalue weighted by Gasteiger charge is -2.34. The summed E-state index contributed by atoms with van der Waals surface area (Å²) in [5, 5.41) is 10.9. The Hall–Kier alpha value is -3.08. The van der Waals surface area contributed by atoms with Crippen molar-refractivity contribution in [1.82, 2.24) is 24.4 Å². The summed E-state index contributed by atoms with van der Waals surface area (Å²) < 4.78 is 35.9. The van der Waals surface area contributed by atoms with E-state index in [9.17, 15) is 13.6 Å². The first-order chi connectivity index (χ1) is 16.0. The number of alkyl halides is 2. The maximum Gasteiger partial charge on any atom is 0.284 e. The van der Waals surface area contributed by atoms with Gasteiger partial charge in [0.25, 0.3) is 12.3 Å². The number of amides is 1. The van der Waals surface area contributed by atoms with Crippen molar-refractivity contribution < 1.29 is 18.3 Å². The van der Waals surface area contributed by atoms with Crippen LogP contribution in [0.2, 0.25) is 0 Å². The topological polar surface area (TPSA) is 89.6 Å². The molecule has 0 unspecified atom stereocenters. The number of hydrogen-bond acceptors (Lipinski definition) is 6. The number of hydrogen-bond donors (Lipinski definition) is 1. The van der Waals surface area contributed by atoms with Crippen molar-refractivity contribution in [2.75, 3.05) is 30.0 Å². The largest absolute Gasteiger partial charge is 0.377 e. The molecule has 1 aliphatic heterocycles. The Morgan fingerprint density at radius 1 is 1.27 bits per heavy atom. The Bertz CT molecular complexity index is 1140. The van der Waals surface area contributed by atoms with Crippen molar-refractivity contribution in [1.29, 1.82) is 0 Å². The Labute approximate surface area is 189 Å². The molecule has 5 rings (SSSR count). The Kier molecular flexibility index (Phi) is 5.96. The van der Waals surface area contributed by atoms with Gasteiger partial charge < -0.3 is 15.0 Å². The molecule has 3 aromatic heterocycles. The van der Waals surface area contributed by atoms with Crippen molar-refractivity contribution in [2.24, 2.45) is 0 Å². The normalized spacial score (nSPS) is 20.0. The van der Waals surface area contributed by atoms with Crippen LogP contribution in [0.25, 0.3) is 5.65 Å². The lowest BCUT2D eigenvalue weighted by Crippen LogP contribution is -2.44. The molecule has 2 fully saturated rings. The first-order valence-corrected chi connectivity index (χ1v) is 11.4. The highest BCUT2D eigenvalue weighted by atomic mass is 19.3. The number of rotatable bonds is 5. The third-order valence-electron chi connectivity index (χ3n) is 6.43. The fraction of sp³-hybridized carbons (Fsp3) is 0.545. The number of carbonyl (C=O) groups excluding carboxylic acids is 1. The van der Waals surface area contributed by atoms with E-state index >= 15 is 0 Å². The molecule has 0 bridgehead atoms. The lowest BCUT2D eigenvalue weighted by molar-refractivity contribution is 0.0985. The van der Waals surface area contributed by atoms with Crippen LogP contribution in [-0.2, 0) is 4.74 Å². The van der Waals surface area contributed by atoms with Crippen molar-refractivity contribution in [3.8, 4) is 0 Å². The van der Waals surface area contributed by atoms with E-state index in [1.165, 1.54) is 16.9 Å². The van der Waals surface area contributed by atoms with Crippen molar-refractivity contribution in [3.63, 3.8) is 0 Å². The fourth-order valence-corrected chi connectivity index (χ4v) is 4.63. The molecule has 33 heavy (non-hydrogen) atoms. The summed E-state index contributed by atoms with van der Waals surface area (Å²) in [6.45, 7) is 3.94. The standard InChI is InChI=1S/C22H27F2N7O2/c1-14-13-33-10-9-29(14)18-7-8-30-21(27-18)16(11-25-30)22(32)26-17-12-31(28-19(17)20(23)24)15-5-3-2-4-6-15/h7-8,11-12,14-15,20H,2-6,9-10,13H2,1H3,(H,26,32)/t14-/m1/s1. The van der Waals surface area contributed by atoms with E-state index in [2.05, 4.69) is 25.4 Å². The van der Waals surface area contributed by atoms with Gasteiger partial charge in [0.05, 0.1) is 37.2 Å². The Morgan fingerprint density at radius 2 is 2.09 bits per heavy atom. The highest BCUT2D eigenvalue weighted by molar-refractivity contribution is 6.08. The van der Waals surface area contributed by atoms with Crippen molar-refractivity contribution in [2.45, 2.75) is 57.5 Å². The summed E-state index contributed by atoms with van der Waals surface area (Å²) in [7, 11) is 0.